The van der Waals surface area contributed by atoms with Crippen LogP contribution in [0, 0.1) is 5.41 Å². The summed E-state index contributed by atoms with van der Waals surface area (Å²) in [7, 11) is 0. The highest BCUT2D eigenvalue weighted by Gasteiger charge is 2.40. The fourth-order valence-corrected chi connectivity index (χ4v) is 3.68. The van der Waals surface area contributed by atoms with Crippen LogP contribution in [-0.4, -0.2) is 49.6 Å². The second-order valence-electron chi connectivity index (χ2n) is 6.09. The van der Waals surface area contributed by atoms with Crippen LogP contribution < -0.4 is 10.6 Å². The Morgan fingerprint density at radius 2 is 2.32 bits per heavy atom. The van der Waals surface area contributed by atoms with Gasteiger partial charge in [-0.05, 0) is 45.3 Å². The molecule has 0 bridgehead atoms. The smallest absolute Gasteiger partial charge is 0.227 e. The first-order valence-electron chi connectivity index (χ1n) is 7.95. The van der Waals surface area contributed by atoms with Gasteiger partial charge < -0.3 is 10.6 Å². The Kier molecular flexibility index (Phi) is 5.22. The Morgan fingerprint density at radius 3 is 2.95 bits per heavy atom. The molecule has 0 radical (unpaired) electrons. The molecule has 1 amide bonds. The van der Waals surface area contributed by atoms with Gasteiger partial charge in [-0.1, -0.05) is 20.3 Å². The van der Waals surface area contributed by atoms with E-state index in [1.165, 1.54) is 19.4 Å². The van der Waals surface area contributed by atoms with E-state index in [0.29, 0.717) is 6.04 Å². The van der Waals surface area contributed by atoms with E-state index in [9.17, 15) is 4.79 Å². The van der Waals surface area contributed by atoms with Crippen molar-refractivity contribution < 1.29 is 4.79 Å². The average Bonchev–Trinajstić information content (AvgIpc) is 3.05. The van der Waals surface area contributed by atoms with Gasteiger partial charge in [-0.2, -0.15) is 0 Å². The number of nitrogens with one attached hydrogen (secondary N) is 2. The number of carbonyl (C=O) groups excluding carboxylic acids is 1. The van der Waals surface area contributed by atoms with Crippen molar-refractivity contribution in [2.24, 2.45) is 5.41 Å². The van der Waals surface area contributed by atoms with Gasteiger partial charge in [0.2, 0.25) is 5.91 Å². The summed E-state index contributed by atoms with van der Waals surface area (Å²) in [6.07, 6.45) is 5.59. The van der Waals surface area contributed by atoms with Crippen LogP contribution in [0.2, 0.25) is 0 Å². The molecule has 2 fully saturated rings. The minimum absolute atomic E-state index is 0.135. The zero-order chi connectivity index (χ0) is 13.7. The zero-order valence-electron chi connectivity index (χ0n) is 12.5. The first kappa shape index (κ1) is 14.8. The topological polar surface area (TPSA) is 44.4 Å². The number of amides is 1. The summed E-state index contributed by atoms with van der Waals surface area (Å²) >= 11 is 0. The summed E-state index contributed by atoms with van der Waals surface area (Å²) in [6, 6.07) is 0.557. The van der Waals surface area contributed by atoms with Crippen LogP contribution in [0.25, 0.3) is 0 Å². The van der Waals surface area contributed by atoms with Crippen LogP contribution in [0.4, 0.5) is 0 Å². The van der Waals surface area contributed by atoms with Crippen LogP contribution in [0.3, 0.4) is 0 Å². The van der Waals surface area contributed by atoms with Crippen molar-refractivity contribution in [2.45, 2.75) is 52.0 Å². The number of likely N-dealkylation sites (tertiary alicyclic amines) is 1. The normalized spacial score (nSPS) is 31.8. The molecule has 110 valence electrons. The van der Waals surface area contributed by atoms with E-state index in [-0.39, 0.29) is 11.3 Å². The van der Waals surface area contributed by atoms with E-state index in [1.54, 1.807) is 0 Å². The monoisotopic (exact) mass is 267 g/mol. The molecule has 2 rings (SSSR count). The summed E-state index contributed by atoms with van der Waals surface area (Å²) in [5.74, 6) is 0.280. The number of nitrogens with zero attached hydrogens (tertiary/aromatic N) is 1. The summed E-state index contributed by atoms with van der Waals surface area (Å²) < 4.78 is 0. The maximum atomic E-state index is 12.5. The quantitative estimate of drug-likeness (QED) is 0.764. The molecule has 0 saturated carbocycles. The first-order chi connectivity index (χ1) is 9.22. The summed E-state index contributed by atoms with van der Waals surface area (Å²) in [6.45, 7) is 9.34. The molecule has 0 aliphatic carbocycles. The lowest BCUT2D eigenvalue weighted by atomic mass is 9.81. The highest BCUT2D eigenvalue weighted by molar-refractivity contribution is 5.83. The Balaban J connectivity index is 1.85. The molecule has 0 spiro atoms. The van der Waals surface area contributed by atoms with Crippen molar-refractivity contribution >= 4 is 5.91 Å². The first-order valence-corrected chi connectivity index (χ1v) is 7.95. The molecule has 2 aliphatic rings. The second-order valence-corrected chi connectivity index (χ2v) is 6.09. The van der Waals surface area contributed by atoms with Crippen LogP contribution >= 0.6 is 0 Å². The van der Waals surface area contributed by atoms with Crippen molar-refractivity contribution in [3.63, 3.8) is 0 Å². The van der Waals surface area contributed by atoms with E-state index in [4.69, 9.17) is 0 Å². The fraction of sp³-hybridized carbons (Fsp3) is 0.933. The largest absolute Gasteiger partial charge is 0.354 e. The third-order valence-electron chi connectivity index (χ3n) is 4.86. The lowest BCUT2D eigenvalue weighted by Crippen LogP contribution is -2.47. The van der Waals surface area contributed by atoms with Crippen LogP contribution in [-0.2, 0) is 4.79 Å². The van der Waals surface area contributed by atoms with Crippen molar-refractivity contribution in [1.29, 1.82) is 0 Å². The van der Waals surface area contributed by atoms with Crippen LogP contribution in [0.1, 0.15) is 46.0 Å². The molecule has 2 atom stereocenters. The molecule has 0 aromatic rings. The fourth-order valence-electron chi connectivity index (χ4n) is 3.68. The van der Waals surface area contributed by atoms with Gasteiger partial charge in [0.05, 0.1) is 5.41 Å². The minimum atomic E-state index is -0.135. The highest BCUT2D eigenvalue weighted by Crippen LogP contribution is 2.31. The molecule has 2 unspecified atom stereocenters. The van der Waals surface area contributed by atoms with Gasteiger partial charge in [0.25, 0.3) is 0 Å². The third kappa shape index (κ3) is 3.29. The van der Waals surface area contributed by atoms with E-state index >= 15 is 0 Å². The van der Waals surface area contributed by atoms with Crippen molar-refractivity contribution in [2.75, 3.05) is 32.7 Å². The van der Waals surface area contributed by atoms with Gasteiger partial charge in [-0.25, -0.2) is 0 Å². The van der Waals surface area contributed by atoms with Crippen molar-refractivity contribution in [1.82, 2.24) is 15.5 Å². The van der Waals surface area contributed by atoms with Crippen molar-refractivity contribution in [3.8, 4) is 0 Å². The molecule has 0 aromatic carbocycles. The van der Waals surface area contributed by atoms with Gasteiger partial charge in [-0.15, -0.1) is 0 Å². The van der Waals surface area contributed by atoms with Gasteiger partial charge in [0.15, 0.2) is 0 Å². The zero-order valence-corrected chi connectivity index (χ0v) is 12.5. The third-order valence-corrected chi connectivity index (χ3v) is 4.86. The molecular formula is C15H29N3O. The standard InChI is InChI=1S/C15H29N3O/c1-3-7-15(8-9-16-12-15)14(19)17-11-13-6-5-10-18(13)4-2/h13,16H,3-12H2,1-2H3,(H,17,19). The van der Waals surface area contributed by atoms with Crippen LogP contribution in [0.15, 0.2) is 0 Å². The second kappa shape index (κ2) is 6.71. The van der Waals surface area contributed by atoms with E-state index in [1.807, 2.05) is 0 Å². The molecule has 2 heterocycles. The SMILES string of the molecule is CCCC1(C(=O)NCC2CCCN2CC)CCNC1. The molecular weight excluding hydrogens is 238 g/mol. The Bertz CT molecular complexity index is 300. The van der Waals surface area contributed by atoms with E-state index < -0.39 is 0 Å². The average molecular weight is 267 g/mol. The molecule has 4 heteroatoms. The number of hydrogen-bond donors (Lipinski definition) is 2. The van der Waals surface area contributed by atoms with Gasteiger partial charge in [-0.3, -0.25) is 9.69 Å². The van der Waals surface area contributed by atoms with Gasteiger partial charge >= 0.3 is 0 Å². The Labute approximate surface area is 117 Å². The lowest BCUT2D eigenvalue weighted by Gasteiger charge is -2.29. The Morgan fingerprint density at radius 1 is 1.47 bits per heavy atom. The summed E-state index contributed by atoms with van der Waals surface area (Å²) in [5, 5.41) is 6.59. The van der Waals surface area contributed by atoms with E-state index in [0.717, 1.165) is 45.4 Å². The molecule has 2 saturated heterocycles. The summed E-state index contributed by atoms with van der Waals surface area (Å²) in [5.41, 5.74) is -0.135. The highest BCUT2D eigenvalue weighted by atomic mass is 16.2. The number of carbonyl (C=O) groups is 1. The molecule has 2 aliphatic heterocycles. The predicted octanol–water partition coefficient (Wildman–Crippen LogP) is 1.37. The maximum absolute atomic E-state index is 12.5. The molecule has 2 N–H and O–H groups in total. The Hall–Kier alpha value is -0.610. The van der Waals surface area contributed by atoms with Crippen LogP contribution in [0.5, 0.6) is 0 Å². The maximum Gasteiger partial charge on any atom is 0.227 e. The summed E-state index contributed by atoms with van der Waals surface area (Å²) in [4.78, 5) is 15.0. The lowest BCUT2D eigenvalue weighted by molar-refractivity contribution is -0.130. The molecule has 0 aromatic heterocycles. The predicted molar refractivity (Wildman–Crippen MR) is 78.1 cm³/mol. The number of likely N-dealkylation sites (N-methyl/N-ethyl adjacent to an activating group) is 1. The molecule has 4 nitrogen and oxygen atoms in total. The molecule has 19 heavy (non-hydrogen) atoms. The minimum Gasteiger partial charge on any atom is -0.354 e. The van der Waals surface area contributed by atoms with E-state index in [2.05, 4.69) is 29.4 Å². The number of rotatable bonds is 6. The number of hydrogen-bond acceptors (Lipinski definition) is 3. The van der Waals surface area contributed by atoms with Gasteiger partial charge in [0, 0.05) is 19.1 Å². The van der Waals surface area contributed by atoms with Gasteiger partial charge in [0.1, 0.15) is 0 Å². The van der Waals surface area contributed by atoms with Crippen molar-refractivity contribution in [3.05, 3.63) is 0 Å².